The van der Waals surface area contributed by atoms with Crippen molar-refractivity contribution < 1.29 is 13.9 Å². The van der Waals surface area contributed by atoms with E-state index in [1.165, 1.54) is 25.4 Å². The Bertz CT molecular complexity index is 1210. The minimum Gasteiger partial charge on any atom is -0.457 e. The van der Waals surface area contributed by atoms with Crippen molar-refractivity contribution >= 4 is 40.2 Å². The molecule has 0 saturated heterocycles. The van der Waals surface area contributed by atoms with Gasteiger partial charge in [-0.3, -0.25) is 9.78 Å². The van der Waals surface area contributed by atoms with E-state index in [0.29, 0.717) is 28.7 Å². The number of amides is 1. The number of hydrogen-bond donors (Lipinski definition) is 3. The van der Waals surface area contributed by atoms with Crippen molar-refractivity contribution in [3.05, 3.63) is 71.3 Å². The van der Waals surface area contributed by atoms with Gasteiger partial charge in [0, 0.05) is 31.1 Å². The molecule has 146 valence electrons. The molecule has 3 N–H and O–H groups in total. The van der Waals surface area contributed by atoms with E-state index in [-0.39, 0.29) is 16.6 Å². The second kappa shape index (κ2) is 7.76. The summed E-state index contributed by atoms with van der Waals surface area (Å²) in [6, 6.07) is 12.9. The first-order valence-corrected chi connectivity index (χ1v) is 8.97. The predicted octanol–water partition coefficient (Wildman–Crippen LogP) is 4.65. The van der Waals surface area contributed by atoms with Gasteiger partial charge in [-0.15, -0.1) is 0 Å². The smallest absolute Gasteiger partial charge is 0.269 e. The Kier molecular flexibility index (Phi) is 5.01. The maximum atomic E-state index is 13.3. The summed E-state index contributed by atoms with van der Waals surface area (Å²) in [5.41, 5.74) is 2.31. The summed E-state index contributed by atoms with van der Waals surface area (Å²) >= 11 is 5.80. The summed E-state index contributed by atoms with van der Waals surface area (Å²) in [7, 11) is 1.54. The second-order valence-corrected chi connectivity index (χ2v) is 6.48. The molecule has 0 unspecified atom stereocenters. The number of carbonyl (C=O) groups excluding carboxylic acids is 1. The van der Waals surface area contributed by atoms with E-state index in [1.807, 2.05) is 6.07 Å². The van der Waals surface area contributed by atoms with E-state index in [9.17, 15) is 9.18 Å². The van der Waals surface area contributed by atoms with Crippen molar-refractivity contribution in [3.63, 3.8) is 0 Å². The number of carbonyl (C=O) groups is 1. The molecule has 2 heterocycles. The molecule has 4 rings (SSSR count). The number of benzene rings is 2. The minimum atomic E-state index is -0.487. The van der Waals surface area contributed by atoms with E-state index < -0.39 is 5.82 Å². The van der Waals surface area contributed by atoms with Gasteiger partial charge in [-0.05, 0) is 36.4 Å². The fourth-order valence-electron chi connectivity index (χ4n) is 2.68. The Morgan fingerprint density at radius 2 is 1.97 bits per heavy atom. The van der Waals surface area contributed by atoms with Crippen LogP contribution in [-0.2, 0) is 0 Å². The predicted molar refractivity (Wildman–Crippen MR) is 108 cm³/mol. The van der Waals surface area contributed by atoms with Crippen LogP contribution in [0.2, 0.25) is 5.02 Å². The highest BCUT2D eigenvalue weighted by atomic mass is 35.5. The van der Waals surface area contributed by atoms with Crippen LogP contribution in [0.4, 0.5) is 16.0 Å². The highest BCUT2D eigenvalue weighted by Crippen LogP contribution is 2.27. The molecule has 2 aromatic heterocycles. The molecule has 0 radical (unpaired) electrons. The van der Waals surface area contributed by atoms with E-state index in [0.717, 1.165) is 5.52 Å². The number of pyridine rings is 1. The van der Waals surface area contributed by atoms with Crippen molar-refractivity contribution in [3.8, 4) is 11.5 Å². The average molecular weight is 412 g/mol. The van der Waals surface area contributed by atoms with Crippen molar-refractivity contribution in [2.24, 2.45) is 0 Å². The number of halogens is 2. The van der Waals surface area contributed by atoms with Crippen LogP contribution < -0.4 is 15.4 Å². The summed E-state index contributed by atoms with van der Waals surface area (Å²) < 4.78 is 19.1. The molecule has 1 amide bonds. The zero-order valence-corrected chi connectivity index (χ0v) is 15.9. The second-order valence-electron chi connectivity index (χ2n) is 6.08. The summed E-state index contributed by atoms with van der Waals surface area (Å²) in [4.78, 5) is 23.3. The Morgan fingerprint density at radius 1 is 1.14 bits per heavy atom. The number of anilines is 2. The third-order valence-corrected chi connectivity index (χ3v) is 4.35. The molecule has 0 aliphatic rings. The zero-order valence-electron chi connectivity index (χ0n) is 15.2. The van der Waals surface area contributed by atoms with Gasteiger partial charge in [0.15, 0.2) is 0 Å². The largest absolute Gasteiger partial charge is 0.457 e. The van der Waals surface area contributed by atoms with Gasteiger partial charge in [-0.25, -0.2) is 9.37 Å². The van der Waals surface area contributed by atoms with Gasteiger partial charge in [0.2, 0.25) is 5.95 Å². The standard InChI is InChI=1S/C20H15ClFN5O2/c1-23-19(28)18-10-13(6-7-24-18)29-12-3-5-16-17(9-12)27-20(26-16)25-11-2-4-15(22)14(21)8-11/h2-10H,1H3,(H,23,28)(H2,25,26,27). The lowest BCUT2D eigenvalue weighted by molar-refractivity contribution is 0.0958. The Balaban J connectivity index is 1.55. The van der Waals surface area contributed by atoms with Crippen LogP contribution in [0.15, 0.2) is 54.7 Å². The van der Waals surface area contributed by atoms with Gasteiger partial charge in [0.25, 0.3) is 5.91 Å². The Hall–Kier alpha value is -3.65. The summed E-state index contributed by atoms with van der Waals surface area (Å²) in [6.45, 7) is 0. The lowest BCUT2D eigenvalue weighted by Gasteiger charge is -2.06. The number of rotatable bonds is 5. The molecule has 2 aromatic carbocycles. The molecule has 0 saturated carbocycles. The van der Waals surface area contributed by atoms with Gasteiger partial charge < -0.3 is 20.4 Å². The molecule has 0 spiro atoms. The molecule has 0 aliphatic carbocycles. The third-order valence-electron chi connectivity index (χ3n) is 4.06. The van der Waals surface area contributed by atoms with Crippen LogP contribution in [0.5, 0.6) is 11.5 Å². The van der Waals surface area contributed by atoms with Gasteiger partial charge in [0.1, 0.15) is 23.0 Å². The molecule has 0 atom stereocenters. The third kappa shape index (κ3) is 4.12. The number of nitrogens with zero attached hydrogens (tertiary/aromatic N) is 2. The molecule has 0 aliphatic heterocycles. The van der Waals surface area contributed by atoms with E-state index >= 15 is 0 Å². The summed E-state index contributed by atoms with van der Waals surface area (Å²) in [6.07, 6.45) is 1.50. The molecule has 29 heavy (non-hydrogen) atoms. The van der Waals surface area contributed by atoms with Crippen LogP contribution >= 0.6 is 11.6 Å². The fourth-order valence-corrected chi connectivity index (χ4v) is 2.86. The molecule has 0 fully saturated rings. The maximum absolute atomic E-state index is 13.3. The van der Waals surface area contributed by atoms with Crippen molar-refractivity contribution in [1.29, 1.82) is 0 Å². The van der Waals surface area contributed by atoms with Crippen molar-refractivity contribution in [2.75, 3.05) is 12.4 Å². The van der Waals surface area contributed by atoms with Crippen LogP contribution in [0.1, 0.15) is 10.5 Å². The van der Waals surface area contributed by atoms with E-state index in [4.69, 9.17) is 16.3 Å². The van der Waals surface area contributed by atoms with Gasteiger partial charge in [-0.1, -0.05) is 11.6 Å². The quantitative estimate of drug-likeness (QED) is 0.444. The first-order valence-electron chi connectivity index (χ1n) is 8.59. The van der Waals surface area contributed by atoms with Crippen LogP contribution in [0, 0.1) is 5.82 Å². The lowest BCUT2D eigenvalue weighted by atomic mass is 10.3. The number of aromatic amines is 1. The molecular weight excluding hydrogens is 397 g/mol. The topological polar surface area (TPSA) is 91.9 Å². The van der Waals surface area contributed by atoms with Gasteiger partial charge in [-0.2, -0.15) is 0 Å². The number of hydrogen-bond acceptors (Lipinski definition) is 5. The number of aromatic nitrogens is 3. The van der Waals surface area contributed by atoms with Crippen LogP contribution in [0.3, 0.4) is 0 Å². The monoisotopic (exact) mass is 411 g/mol. The van der Waals surface area contributed by atoms with Gasteiger partial charge in [0.05, 0.1) is 16.1 Å². The molecule has 0 bridgehead atoms. The average Bonchev–Trinajstić information content (AvgIpc) is 3.12. The molecule has 9 heteroatoms. The van der Waals surface area contributed by atoms with Crippen molar-refractivity contribution in [2.45, 2.75) is 0 Å². The number of fused-ring (bicyclic) bond motifs is 1. The molecule has 7 nitrogen and oxygen atoms in total. The first kappa shape index (κ1) is 18.7. The van der Waals surface area contributed by atoms with Gasteiger partial charge >= 0.3 is 0 Å². The lowest BCUT2D eigenvalue weighted by Crippen LogP contribution is -2.18. The number of H-pyrrole nitrogens is 1. The maximum Gasteiger partial charge on any atom is 0.269 e. The summed E-state index contributed by atoms with van der Waals surface area (Å²) in [5, 5.41) is 5.59. The van der Waals surface area contributed by atoms with Crippen LogP contribution in [0.25, 0.3) is 11.0 Å². The van der Waals surface area contributed by atoms with Crippen molar-refractivity contribution in [1.82, 2.24) is 20.3 Å². The number of nitrogens with one attached hydrogen (secondary N) is 3. The van der Waals surface area contributed by atoms with Crippen LogP contribution in [-0.4, -0.2) is 27.9 Å². The number of imidazole rings is 1. The Labute approximate surface area is 169 Å². The molecular formula is C20H15ClFN5O2. The van der Waals surface area contributed by atoms with E-state index in [1.54, 1.807) is 30.3 Å². The highest BCUT2D eigenvalue weighted by Gasteiger charge is 2.09. The normalized spacial score (nSPS) is 10.7. The Morgan fingerprint density at radius 3 is 2.76 bits per heavy atom. The fraction of sp³-hybridized carbons (Fsp3) is 0.0500. The SMILES string of the molecule is CNC(=O)c1cc(Oc2ccc3[nH]c(Nc4ccc(F)c(Cl)c4)nc3c2)ccn1. The minimum absolute atomic E-state index is 0.0234. The first-order chi connectivity index (χ1) is 14.0. The number of ether oxygens (including phenoxy) is 1. The highest BCUT2D eigenvalue weighted by molar-refractivity contribution is 6.31. The van der Waals surface area contributed by atoms with E-state index in [2.05, 4.69) is 25.6 Å². The summed E-state index contributed by atoms with van der Waals surface area (Å²) in [5.74, 6) is 0.724. The molecule has 4 aromatic rings. The zero-order chi connectivity index (χ0) is 20.4.